The van der Waals surface area contributed by atoms with Gasteiger partial charge in [-0.1, -0.05) is 6.07 Å². The minimum atomic E-state index is 0.679. The standard InChI is InChI=1S/C15H18N2O2/c1-10-4-6-13(12(16)8-10)17-11-5-7-14(18-2)15(9-11)19-3/h4-9,17H,16H2,1-3H3. The maximum atomic E-state index is 5.98. The Bertz CT molecular complexity index is 582. The van der Waals surface area contributed by atoms with E-state index in [9.17, 15) is 0 Å². The smallest absolute Gasteiger partial charge is 0.162 e. The highest BCUT2D eigenvalue weighted by molar-refractivity contribution is 5.74. The summed E-state index contributed by atoms with van der Waals surface area (Å²) < 4.78 is 10.5. The summed E-state index contributed by atoms with van der Waals surface area (Å²) in [5, 5.41) is 3.26. The Morgan fingerprint density at radius 2 is 1.68 bits per heavy atom. The predicted octanol–water partition coefficient (Wildman–Crippen LogP) is 3.34. The Morgan fingerprint density at radius 3 is 2.32 bits per heavy atom. The van der Waals surface area contributed by atoms with Crippen molar-refractivity contribution < 1.29 is 9.47 Å². The van der Waals surface area contributed by atoms with Crippen LogP contribution in [0, 0.1) is 6.92 Å². The molecule has 4 nitrogen and oxygen atoms in total. The summed E-state index contributed by atoms with van der Waals surface area (Å²) in [6.45, 7) is 2.01. The van der Waals surface area contributed by atoms with Crippen LogP contribution in [0.15, 0.2) is 36.4 Å². The van der Waals surface area contributed by atoms with Gasteiger partial charge in [0.05, 0.1) is 25.6 Å². The second-order valence-electron chi connectivity index (χ2n) is 4.29. The van der Waals surface area contributed by atoms with Gasteiger partial charge in [-0.05, 0) is 36.8 Å². The zero-order valence-corrected chi connectivity index (χ0v) is 11.4. The number of nitrogens with one attached hydrogen (secondary N) is 1. The molecule has 0 radical (unpaired) electrons. The van der Waals surface area contributed by atoms with Crippen molar-refractivity contribution in [2.24, 2.45) is 0 Å². The van der Waals surface area contributed by atoms with Crippen LogP contribution in [0.2, 0.25) is 0 Å². The van der Waals surface area contributed by atoms with Gasteiger partial charge >= 0.3 is 0 Å². The lowest BCUT2D eigenvalue weighted by Crippen LogP contribution is -1.98. The molecule has 2 rings (SSSR count). The predicted molar refractivity (Wildman–Crippen MR) is 78.4 cm³/mol. The van der Waals surface area contributed by atoms with Crippen molar-refractivity contribution in [3.05, 3.63) is 42.0 Å². The van der Waals surface area contributed by atoms with E-state index in [2.05, 4.69) is 5.32 Å². The van der Waals surface area contributed by atoms with Crippen molar-refractivity contribution in [2.75, 3.05) is 25.3 Å². The highest BCUT2D eigenvalue weighted by Gasteiger charge is 2.06. The molecule has 0 fully saturated rings. The van der Waals surface area contributed by atoms with E-state index in [1.165, 1.54) is 0 Å². The van der Waals surface area contributed by atoms with E-state index in [1.54, 1.807) is 14.2 Å². The summed E-state index contributed by atoms with van der Waals surface area (Å²) in [4.78, 5) is 0. The zero-order chi connectivity index (χ0) is 13.8. The molecule has 0 saturated heterocycles. The SMILES string of the molecule is COc1ccc(Nc2ccc(C)cc2N)cc1OC. The third kappa shape index (κ3) is 2.91. The number of nitrogen functional groups attached to an aromatic ring is 1. The Balaban J connectivity index is 2.28. The molecule has 0 saturated carbocycles. The topological polar surface area (TPSA) is 56.5 Å². The Morgan fingerprint density at radius 1 is 0.947 bits per heavy atom. The number of benzene rings is 2. The second-order valence-corrected chi connectivity index (χ2v) is 4.29. The summed E-state index contributed by atoms with van der Waals surface area (Å²) in [6, 6.07) is 11.5. The first-order valence-electron chi connectivity index (χ1n) is 5.99. The van der Waals surface area contributed by atoms with Gasteiger partial charge in [-0.15, -0.1) is 0 Å². The highest BCUT2D eigenvalue weighted by atomic mass is 16.5. The molecule has 0 bridgehead atoms. The van der Waals surface area contributed by atoms with Crippen LogP contribution in [0.3, 0.4) is 0 Å². The van der Waals surface area contributed by atoms with Crippen LogP contribution >= 0.6 is 0 Å². The van der Waals surface area contributed by atoms with E-state index >= 15 is 0 Å². The van der Waals surface area contributed by atoms with Gasteiger partial charge in [0.1, 0.15) is 0 Å². The van der Waals surface area contributed by atoms with E-state index in [4.69, 9.17) is 15.2 Å². The fourth-order valence-electron chi connectivity index (χ4n) is 1.87. The van der Waals surface area contributed by atoms with Crippen LogP contribution in [0.5, 0.6) is 11.5 Å². The van der Waals surface area contributed by atoms with Gasteiger partial charge < -0.3 is 20.5 Å². The van der Waals surface area contributed by atoms with E-state index < -0.39 is 0 Å². The van der Waals surface area contributed by atoms with Crippen molar-refractivity contribution in [1.82, 2.24) is 0 Å². The van der Waals surface area contributed by atoms with Crippen molar-refractivity contribution >= 4 is 17.1 Å². The number of hydrogen-bond donors (Lipinski definition) is 2. The molecule has 3 N–H and O–H groups in total. The molecular weight excluding hydrogens is 240 g/mol. The van der Waals surface area contributed by atoms with Crippen molar-refractivity contribution in [3.63, 3.8) is 0 Å². The van der Waals surface area contributed by atoms with Crippen LogP contribution in [-0.4, -0.2) is 14.2 Å². The summed E-state index contributed by atoms with van der Waals surface area (Å²) in [7, 11) is 3.23. The molecule has 2 aromatic carbocycles. The summed E-state index contributed by atoms with van der Waals surface area (Å²) in [5.74, 6) is 1.38. The van der Waals surface area contributed by atoms with Gasteiger partial charge in [0.25, 0.3) is 0 Å². The van der Waals surface area contributed by atoms with Gasteiger partial charge in [0, 0.05) is 11.8 Å². The zero-order valence-electron chi connectivity index (χ0n) is 11.4. The van der Waals surface area contributed by atoms with E-state index in [1.807, 2.05) is 43.3 Å². The third-order valence-corrected chi connectivity index (χ3v) is 2.87. The molecule has 0 aliphatic carbocycles. The molecule has 0 aromatic heterocycles. The van der Waals surface area contributed by atoms with Gasteiger partial charge in [-0.2, -0.15) is 0 Å². The van der Waals surface area contributed by atoms with E-state index in [0.29, 0.717) is 11.5 Å². The van der Waals surface area contributed by atoms with Gasteiger partial charge in [-0.25, -0.2) is 0 Å². The fourth-order valence-corrected chi connectivity index (χ4v) is 1.87. The lowest BCUT2D eigenvalue weighted by molar-refractivity contribution is 0.355. The number of ether oxygens (including phenoxy) is 2. The Hall–Kier alpha value is -2.36. The van der Waals surface area contributed by atoms with Crippen LogP contribution in [0.4, 0.5) is 17.1 Å². The molecule has 0 atom stereocenters. The van der Waals surface area contributed by atoms with Crippen LogP contribution in [0.1, 0.15) is 5.56 Å². The fraction of sp³-hybridized carbons (Fsp3) is 0.200. The molecule has 100 valence electrons. The maximum absolute atomic E-state index is 5.98. The minimum Gasteiger partial charge on any atom is -0.493 e. The molecule has 19 heavy (non-hydrogen) atoms. The number of anilines is 3. The van der Waals surface area contributed by atoms with Crippen LogP contribution in [0.25, 0.3) is 0 Å². The molecule has 0 unspecified atom stereocenters. The molecule has 0 amide bonds. The second kappa shape index (κ2) is 5.52. The summed E-state index contributed by atoms with van der Waals surface area (Å²) in [6.07, 6.45) is 0. The number of rotatable bonds is 4. The largest absolute Gasteiger partial charge is 0.493 e. The molecule has 0 heterocycles. The van der Waals surface area contributed by atoms with E-state index in [0.717, 1.165) is 22.6 Å². The molecule has 0 aliphatic heterocycles. The minimum absolute atomic E-state index is 0.679. The summed E-state index contributed by atoms with van der Waals surface area (Å²) >= 11 is 0. The molecule has 0 aliphatic rings. The molecule has 2 aromatic rings. The maximum Gasteiger partial charge on any atom is 0.162 e. The lowest BCUT2D eigenvalue weighted by atomic mass is 10.2. The number of aryl methyl sites for hydroxylation is 1. The normalized spacial score (nSPS) is 10.1. The van der Waals surface area contributed by atoms with E-state index in [-0.39, 0.29) is 0 Å². The first-order valence-corrected chi connectivity index (χ1v) is 5.99. The highest BCUT2D eigenvalue weighted by Crippen LogP contribution is 2.32. The number of nitrogens with two attached hydrogens (primary N) is 1. The average molecular weight is 258 g/mol. The van der Waals surface area contributed by atoms with Crippen molar-refractivity contribution in [3.8, 4) is 11.5 Å². The van der Waals surface area contributed by atoms with Crippen molar-refractivity contribution in [2.45, 2.75) is 6.92 Å². The van der Waals surface area contributed by atoms with Crippen LogP contribution < -0.4 is 20.5 Å². The molecular formula is C15H18N2O2. The quantitative estimate of drug-likeness (QED) is 0.826. The van der Waals surface area contributed by atoms with Crippen LogP contribution in [-0.2, 0) is 0 Å². The Kier molecular flexibility index (Phi) is 3.80. The number of hydrogen-bond acceptors (Lipinski definition) is 4. The lowest BCUT2D eigenvalue weighted by Gasteiger charge is -2.13. The monoisotopic (exact) mass is 258 g/mol. The first-order chi connectivity index (χ1) is 9.13. The summed E-state index contributed by atoms with van der Waals surface area (Å²) in [5.41, 5.74) is 9.60. The van der Waals surface area contributed by atoms with Gasteiger partial charge in [0.15, 0.2) is 11.5 Å². The average Bonchev–Trinajstić information content (AvgIpc) is 2.41. The molecule has 0 spiro atoms. The van der Waals surface area contributed by atoms with Gasteiger partial charge in [0.2, 0.25) is 0 Å². The number of methoxy groups -OCH3 is 2. The Labute approximate surface area is 113 Å². The third-order valence-electron chi connectivity index (χ3n) is 2.87. The van der Waals surface area contributed by atoms with Crippen molar-refractivity contribution in [1.29, 1.82) is 0 Å². The molecule has 4 heteroatoms. The van der Waals surface area contributed by atoms with Gasteiger partial charge in [-0.3, -0.25) is 0 Å². The first kappa shape index (κ1) is 13.1.